The molecular formula is C24H30N8O10S2. The highest BCUT2D eigenvalue weighted by molar-refractivity contribution is 7.80. The van der Waals surface area contributed by atoms with E-state index in [1.165, 1.54) is 19.2 Å². The summed E-state index contributed by atoms with van der Waals surface area (Å²) in [5, 5.41) is 20.5. The number of oxime groups is 1. The lowest BCUT2D eigenvalue weighted by atomic mass is 9.84. The number of aliphatic carboxylic acids is 1. The van der Waals surface area contributed by atoms with Gasteiger partial charge in [-0.15, -0.1) is 20.3 Å². The van der Waals surface area contributed by atoms with Gasteiger partial charge in [0.05, 0.1) is 23.4 Å². The van der Waals surface area contributed by atoms with E-state index in [4.69, 9.17) is 25.6 Å². The highest BCUT2D eigenvalue weighted by Gasteiger charge is 2.58. The molecule has 1 fully saturated rings. The molecule has 20 heteroatoms. The molecule has 0 radical (unpaired) electrons. The maximum atomic E-state index is 13.2. The summed E-state index contributed by atoms with van der Waals surface area (Å²) in [6.45, 7) is 3.40. The van der Waals surface area contributed by atoms with Gasteiger partial charge < -0.3 is 36.3 Å². The number of aryl methyl sites for hydroxylation is 2. The molecule has 3 heterocycles. The van der Waals surface area contributed by atoms with Crippen LogP contribution in [0, 0.1) is 0 Å². The quantitative estimate of drug-likeness (QED) is 0.0466. The van der Waals surface area contributed by atoms with Gasteiger partial charge in [-0.3, -0.25) is 14.1 Å². The summed E-state index contributed by atoms with van der Waals surface area (Å²) >= 11 is 0.949. The van der Waals surface area contributed by atoms with E-state index < -0.39 is 58.2 Å². The Kier molecular flexibility index (Phi) is 9.39. The van der Waals surface area contributed by atoms with Crippen molar-refractivity contribution in [3.8, 4) is 5.75 Å². The number of amides is 2. The number of benzene rings is 1. The molecule has 0 spiro atoms. The summed E-state index contributed by atoms with van der Waals surface area (Å²) in [4.78, 5) is 46.6. The number of carboxylic acid groups (broad SMARTS) is 1. The van der Waals surface area contributed by atoms with Gasteiger partial charge in [0, 0.05) is 5.38 Å². The smallest absolute Gasteiger partial charge is 0.418 e. The van der Waals surface area contributed by atoms with E-state index in [9.17, 15) is 27.9 Å². The summed E-state index contributed by atoms with van der Waals surface area (Å²) in [6, 6.07) is 3.85. The minimum absolute atomic E-state index is 0.0497. The zero-order valence-electron chi connectivity index (χ0n) is 23.7. The van der Waals surface area contributed by atoms with Gasteiger partial charge in [0.15, 0.2) is 24.0 Å². The molecular weight excluding hydrogens is 624 g/mol. The van der Waals surface area contributed by atoms with E-state index in [0.717, 1.165) is 28.7 Å². The molecule has 2 aromatic heterocycles. The first kappa shape index (κ1) is 32.5. The molecule has 18 nitrogen and oxygen atoms in total. The van der Waals surface area contributed by atoms with Crippen LogP contribution < -0.4 is 31.3 Å². The van der Waals surface area contributed by atoms with Crippen LogP contribution in [-0.2, 0) is 47.5 Å². The number of anilines is 1. The molecule has 44 heavy (non-hydrogen) atoms. The number of fused-ring (bicyclic) bond motifs is 1. The average molecular weight is 655 g/mol. The zero-order chi connectivity index (χ0) is 32.4. The van der Waals surface area contributed by atoms with Crippen molar-refractivity contribution >= 4 is 61.3 Å². The molecule has 1 saturated heterocycles. The number of carboxylic acids is 1. The summed E-state index contributed by atoms with van der Waals surface area (Å²) in [6.07, 6.45) is 0.877. The monoisotopic (exact) mass is 654 g/mol. The van der Waals surface area contributed by atoms with Crippen molar-refractivity contribution in [1.82, 2.24) is 20.0 Å². The second-order valence-corrected chi connectivity index (χ2v) is 12.0. The van der Waals surface area contributed by atoms with Crippen LogP contribution in [-0.4, -0.2) is 82.0 Å². The molecule has 1 aliphatic heterocycles. The van der Waals surface area contributed by atoms with Crippen LogP contribution in [0.1, 0.15) is 26.0 Å². The normalized spacial score (nSPS) is 17.3. The van der Waals surface area contributed by atoms with Gasteiger partial charge >= 0.3 is 10.4 Å². The maximum absolute atomic E-state index is 13.2. The van der Waals surface area contributed by atoms with Crippen LogP contribution in [0.25, 0.3) is 10.9 Å². The number of hydrogen-bond donors (Lipinski definition) is 4. The van der Waals surface area contributed by atoms with Crippen LogP contribution in [0.5, 0.6) is 5.75 Å². The van der Waals surface area contributed by atoms with Gasteiger partial charge in [-0.1, -0.05) is 5.16 Å². The third-order valence-electron chi connectivity index (χ3n) is 6.59. The number of rotatable bonds is 14. The topological polar surface area (TPSA) is 258 Å². The van der Waals surface area contributed by atoms with Gasteiger partial charge in [-0.25, -0.2) is 4.98 Å². The van der Waals surface area contributed by atoms with Crippen molar-refractivity contribution in [2.45, 2.75) is 44.5 Å². The number of ether oxygens (including phenoxy) is 1. The Morgan fingerprint density at radius 1 is 1.36 bits per heavy atom. The second kappa shape index (κ2) is 12.7. The minimum Gasteiger partial charge on any atom is -0.546 e. The summed E-state index contributed by atoms with van der Waals surface area (Å²) in [5.74, 6) is -3.40. The summed E-state index contributed by atoms with van der Waals surface area (Å²) in [7, 11) is -3.14. The third kappa shape index (κ3) is 7.05. The Balaban J connectivity index is 1.49. The number of hydrogen-bond acceptors (Lipinski definition) is 14. The molecule has 1 aliphatic rings. The van der Waals surface area contributed by atoms with Crippen molar-refractivity contribution in [1.29, 1.82) is 0 Å². The summed E-state index contributed by atoms with van der Waals surface area (Å²) < 4.78 is 44.9. The predicted molar refractivity (Wildman–Crippen MR) is 151 cm³/mol. The SMILES string of the molecule is C[n+]1cc2cc(OC[C@H](O/N=C(\C(=O)N[C@@H]3C(=O)N(OS(=O)(=O)O)C3(C)C)c3csc(N)n3)C(=O)[O-])ccc2n1CCCN. The predicted octanol–water partition coefficient (Wildman–Crippen LogP) is -2.39. The molecule has 0 unspecified atom stereocenters. The molecule has 0 aliphatic carbocycles. The van der Waals surface area contributed by atoms with Crippen molar-refractivity contribution in [2.24, 2.45) is 17.9 Å². The number of nitrogens with one attached hydrogen (secondary N) is 1. The first-order valence-electron chi connectivity index (χ1n) is 12.9. The Morgan fingerprint density at radius 2 is 2.09 bits per heavy atom. The molecule has 1 aromatic carbocycles. The molecule has 3 aromatic rings. The van der Waals surface area contributed by atoms with E-state index in [-0.39, 0.29) is 10.8 Å². The van der Waals surface area contributed by atoms with Gasteiger partial charge in [0.1, 0.15) is 29.6 Å². The highest BCUT2D eigenvalue weighted by Crippen LogP contribution is 2.33. The largest absolute Gasteiger partial charge is 0.546 e. The average Bonchev–Trinajstić information content (AvgIpc) is 3.51. The third-order valence-corrected chi connectivity index (χ3v) is 7.61. The number of thiazole rings is 1. The minimum atomic E-state index is -5.02. The first-order valence-corrected chi connectivity index (χ1v) is 15.2. The molecule has 2 atom stereocenters. The Bertz CT molecular complexity index is 1720. The van der Waals surface area contributed by atoms with Crippen molar-refractivity contribution in [2.75, 3.05) is 18.9 Å². The molecule has 0 bridgehead atoms. The number of carbonyl (C=O) groups excluding carboxylic acids is 3. The lowest BCUT2D eigenvalue weighted by molar-refractivity contribution is -0.751. The molecule has 238 valence electrons. The Morgan fingerprint density at radius 3 is 2.68 bits per heavy atom. The van der Waals surface area contributed by atoms with Crippen molar-refractivity contribution in [3.63, 3.8) is 0 Å². The second-order valence-electron chi connectivity index (χ2n) is 10.1. The fourth-order valence-electron chi connectivity index (χ4n) is 4.37. The first-order chi connectivity index (χ1) is 20.6. The van der Waals surface area contributed by atoms with Crippen LogP contribution in [0.3, 0.4) is 0 Å². The molecule has 4 rings (SSSR count). The molecule has 0 saturated carbocycles. The number of aromatic nitrogens is 3. The van der Waals surface area contributed by atoms with Crippen LogP contribution >= 0.6 is 11.3 Å². The van der Waals surface area contributed by atoms with E-state index in [0.29, 0.717) is 23.9 Å². The van der Waals surface area contributed by atoms with Gasteiger partial charge in [-0.2, -0.15) is 18.2 Å². The van der Waals surface area contributed by atoms with Crippen molar-refractivity contribution < 1.29 is 51.0 Å². The number of nitrogens with two attached hydrogens (primary N) is 2. The van der Waals surface area contributed by atoms with Crippen LogP contribution in [0.2, 0.25) is 0 Å². The fourth-order valence-corrected chi connectivity index (χ4v) is 5.37. The lowest BCUT2D eigenvalue weighted by Gasteiger charge is -2.50. The molecule has 6 N–H and O–H groups in total. The summed E-state index contributed by atoms with van der Waals surface area (Å²) in [5.41, 5.74) is 10.1. The van der Waals surface area contributed by atoms with E-state index in [2.05, 4.69) is 19.7 Å². The maximum Gasteiger partial charge on any atom is 0.418 e. The number of β-lactam (4-membered cyclic amide) rings is 1. The van der Waals surface area contributed by atoms with Crippen molar-refractivity contribution in [3.05, 3.63) is 35.5 Å². The van der Waals surface area contributed by atoms with E-state index in [1.54, 1.807) is 12.1 Å². The Hall–Kier alpha value is -4.37. The van der Waals surface area contributed by atoms with Gasteiger partial charge in [-0.05, 0) is 45.0 Å². The fraction of sp³-hybridized carbons (Fsp3) is 0.417. The zero-order valence-corrected chi connectivity index (χ0v) is 25.3. The lowest BCUT2D eigenvalue weighted by Crippen LogP contribution is -2.76. The number of carbonyl (C=O) groups is 3. The van der Waals surface area contributed by atoms with Gasteiger partial charge in [0.25, 0.3) is 11.8 Å². The van der Waals surface area contributed by atoms with E-state index in [1.807, 2.05) is 28.7 Å². The number of nitrogens with zero attached hydrogens (tertiary/aromatic N) is 5. The number of hydroxylamine groups is 2. The van der Waals surface area contributed by atoms with Gasteiger partial charge in [0.2, 0.25) is 6.20 Å². The highest BCUT2D eigenvalue weighted by atomic mass is 32.3. The van der Waals surface area contributed by atoms with E-state index >= 15 is 0 Å². The van der Waals surface area contributed by atoms with Crippen LogP contribution in [0.4, 0.5) is 5.13 Å². The van der Waals surface area contributed by atoms with Crippen LogP contribution in [0.15, 0.2) is 34.9 Å². The number of nitrogen functional groups attached to an aromatic ring is 1. The standard InChI is InChI=1S/C24H30N8O10S2/c1-24(2)19(21(34)32(24)42-44(37,38)39)28-20(33)18(15-12-43-23(26)27-15)29-41-17(22(35)36)11-40-14-5-6-16-13(9-14)10-30(3)31(16)8-4-7-25/h5-6,9-10,12,17,19H,4,7-8,11,25H2,1-3H3,(H4-,26,27,28,33,35,36,37,38,39)/b29-18-/t17-,19+/m0/s1. The Labute approximate surface area is 254 Å². The molecule has 2 amide bonds.